The van der Waals surface area contributed by atoms with Crippen LogP contribution in [0.5, 0.6) is 5.75 Å². The van der Waals surface area contributed by atoms with Crippen molar-refractivity contribution in [2.75, 3.05) is 19.0 Å². The number of nitrogens with zero attached hydrogens (tertiary/aromatic N) is 1. The van der Waals surface area contributed by atoms with Crippen molar-refractivity contribution in [3.8, 4) is 5.75 Å². The molecule has 1 atom stereocenters. The Morgan fingerprint density at radius 3 is 2.40 bits per heavy atom. The molecule has 0 spiro atoms. The first-order chi connectivity index (χ1) is 14.0. The van der Waals surface area contributed by atoms with Gasteiger partial charge in [0, 0.05) is 18.3 Å². The van der Waals surface area contributed by atoms with Crippen LogP contribution < -0.4 is 15.2 Å². The average molecular weight is 454 g/mol. The molecule has 9 nitrogen and oxygen atoms in total. The third-order valence-corrected chi connectivity index (χ3v) is 7.92. The predicted molar refractivity (Wildman–Crippen MR) is 111 cm³/mol. The Morgan fingerprint density at radius 2 is 1.80 bits per heavy atom. The molecule has 1 saturated heterocycles. The third-order valence-electron chi connectivity index (χ3n) is 4.94. The molecule has 1 amide bonds. The highest BCUT2D eigenvalue weighted by atomic mass is 32.2. The van der Waals surface area contributed by atoms with Gasteiger partial charge in [0.05, 0.1) is 16.9 Å². The van der Waals surface area contributed by atoms with Crippen LogP contribution in [0.4, 0.5) is 5.69 Å². The van der Waals surface area contributed by atoms with Crippen molar-refractivity contribution in [2.45, 2.75) is 35.6 Å². The van der Waals surface area contributed by atoms with E-state index in [0.29, 0.717) is 29.8 Å². The fraction of sp³-hybridized carbons (Fsp3) is 0.316. The Bertz CT molecular complexity index is 1160. The maximum atomic E-state index is 13.3. The number of aryl methyl sites for hydroxylation is 1. The smallest absolute Gasteiger partial charge is 0.244 e. The van der Waals surface area contributed by atoms with Crippen LogP contribution in [0.25, 0.3) is 0 Å². The number of rotatable bonds is 6. The Kier molecular flexibility index (Phi) is 6.18. The lowest BCUT2D eigenvalue weighted by molar-refractivity contribution is -0.119. The van der Waals surface area contributed by atoms with Crippen molar-refractivity contribution < 1.29 is 26.4 Å². The minimum Gasteiger partial charge on any atom is -0.497 e. The van der Waals surface area contributed by atoms with Gasteiger partial charge in [-0.1, -0.05) is 6.07 Å². The lowest BCUT2D eigenvalue weighted by Gasteiger charge is -2.24. The summed E-state index contributed by atoms with van der Waals surface area (Å²) in [6.07, 6.45) is 0.925. The van der Waals surface area contributed by atoms with Crippen LogP contribution in [0.3, 0.4) is 0 Å². The van der Waals surface area contributed by atoms with Gasteiger partial charge in [-0.25, -0.2) is 22.0 Å². The standard InChI is InChI=1S/C19H23N3O6S2/c1-13-5-8-15(28-2)12-18(13)30(26,27)22-11-3-4-17(22)19(23)21-14-6-9-16(10-7-14)29(20,24)25/h5-10,12,17H,3-4,11H2,1-2H3,(H,21,23)(H2,20,24,25). The summed E-state index contributed by atoms with van der Waals surface area (Å²) in [5.41, 5.74) is 0.898. The number of hydrogen-bond donors (Lipinski definition) is 2. The van der Waals surface area contributed by atoms with Gasteiger partial charge in [-0.2, -0.15) is 4.31 Å². The van der Waals surface area contributed by atoms with Crippen LogP contribution >= 0.6 is 0 Å². The minimum atomic E-state index is -3.92. The highest BCUT2D eigenvalue weighted by molar-refractivity contribution is 7.89. The minimum absolute atomic E-state index is 0.0842. The highest BCUT2D eigenvalue weighted by Crippen LogP contribution is 2.30. The molecule has 3 rings (SSSR count). The monoisotopic (exact) mass is 453 g/mol. The second-order valence-corrected chi connectivity index (χ2v) is 10.4. The van der Waals surface area contributed by atoms with E-state index in [2.05, 4.69) is 5.32 Å². The average Bonchev–Trinajstić information content (AvgIpc) is 3.19. The molecule has 0 aromatic heterocycles. The van der Waals surface area contributed by atoms with E-state index in [1.54, 1.807) is 19.1 Å². The van der Waals surface area contributed by atoms with Crippen molar-refractivity contribution in [3.05, 3.63) is 48.0 Å². The van der Waals surface area contributed by atoms with Crippen molar-refractivity contribution in [3.63, 3.8) is 0 Å². The summed E-state index contributed by atoms with van der Waals surface area (Å²) in [7, 11) is -6.31. The highest BCUT2D eigenvalue weighted by Gasteiger charge is 2.40. The lowest BCUT2D eigenvalue weighted by atomic mass is 10.2. The van der Waals surface area contributed by atoms with E-state index in [1.807, 2.05) is 0 Å². The SMILES string of the molecule is COc1ccc(C)c(S(=O)(=O)N2CCCC2C(=O)Nc2ccc(S(N)(=O)=O)cc2)c1. The molecule has 0 radical (unpaired) electrons. The largest absolute Gasteiger partial charge is 0.497 e. The Labute approximate surface area is 175 Å². The number of carbonyl (C=O) groups is 1. The molecule has 1 heterocycles. The predicted octanol–water partition coefficient (Wildman–Crippen LogP) is 1.44. The van der Waals surface area contributed by atoms with Gasteiger partial charge in [-0.05, 0) is 55.7 Å². The number of benzene rings is 2. The first-order valence-electron chi connectivity index (χ1n) is 9.14. The molecule has 1 fully saturated rings. The van der Waals surface area contributed by atoms with Crippen LogP contribution in [0, 0.1) is 6.92 Å². The quantitative estimate of drug-likeness (QED) is 0.679. The summed E-state index contributed by atoms with van der Waals surface area (Å²) in [5, 5.41) is 7.71. The summed E-state index contributed by atoms with van der Waals surface area (Å²) in [6.45, 7) is 1.91. The number of amides is 1. The zero-order valence-electron chi connectivity index (χ0n) is 16.5. The van der Waals surface area contributed by atoms with Crippen LogP contribution in [-0.4, -0.2) is 46.7 Å². The van der Waals surface area contributed by atoms with Crippen LogP contribution in [-0.2, 0) is 24.8 Å². The molecule has 1 aliphatic heterocycles. The van der Waals surface area contributed by atoms with Gasteiger partial charge in [0.25, 0.3) is 0 Å². The molecule has 0 aliphatic carbocycles. The topological polar surface area (TPSA) is 136 Å². The number of primary sulfonamides is 1. The molecule has 30 heavy (non-hydrogen) atoms. The van der Waals surface area contributed by atoms with Gasteiger partial charge in [0.2, 0.25) is 26.0 Å². The van der Waals surface area contributed by atoms with Crippen LogP contribution in [0.2, 0.25) is 0 Å². The first kappa shape index (κ1) is 22.2. The zero-order valence-corrected chi connectivity index (χ0v) is 18.2. The molecule has 0 saturated carbocycles. The number of methoxy groups -OCH3 is 1. The fourth-order valence-corrected chi connectivity index (χ4v) is 5.77. The van der Waals surface area contributed by atoms with Gasteiger partial charge < -0.3 is 10.1 Å². The summed E-state index contributed by atoms with van der Waals surface area (Å²) in [5.74, 6) is -0.0747. The number of hydrogen-bond acceptors (Lipinski definition) is 6. The zero-order chi connectivity index (χ0) is 22.1. The van der Waals surface area contributed by atoms with Crippen LogP contribution in [0.15, 0.2) is 52.3 Å². The van der Waals surface area contributed by atoms with Gasteiger partial charge in [-0.15, -0.1) is 0 Å². The van der Waals surface area contributed by atoms with Crippen molar-refractivity contribution in [2.24, 2.45) is 5.14 Å². The normalized spacial score (nSPS) is 17.6. The van der Waals surface area contributed by atoms with Gasteiger partial charge in [0.15, 0.2) is 0 Å². The Balaban J connectivity index is 1.83. The molecule has 162 valence electrons. The summed E-state index contributed by atoms with van der Waals surface area (Å²) in [4.78, 5) is 12.8. The van der Waals surface area contributed by atoms with E-state index in [-0.39, 0.29) is 16.3 Å². The molecule has 3 N–H and O–H groups in total. The maximum Gasteiger partial charge on any atom is 0.244 e. The number of sulfonamides is 2. The fourth-order valence-electron chi connectivity index (χ4n) is 3.35. The van der Waals surface area contributed by atoms with Crippen molar-refractivity contribution in [1.82, 2.24) is 4.31 Å². The van der Waals surface area contributed by atoms with E-state index in [4.69, 9.17) is 9.88 Å². The van der Waals surface area contributed by atoms with Gasteiger partial charge in [0.1, 0.15) is 11.8 Å². The van der Waals surface area contributed by atoms with Crippen LogP contribution in [0.1, 0.15) is 18.4 Å². The van der Waals surface area contributed by atoms with Gasteiger partial charge >= 0.3 is 0 Å². The van der Waals surface area contributed by atoms with E-state index in [9.17, 15) is 21.6 Å². The maximum absolute atomic E-state index is 13.3. The molecule has 1 unspecified atom stereocenters. The van der Waals surface area contributed by atoms with E-state index in [0.717, 1.165) is 0 Å². The lowest BCUT2D eigenvalue weighted by Crippen LogP contribution is -2.43. The Morgan fingerprint density at radius 1 is 1.13 bits per heavy atom. The molecular weight excluding hydrogens is 430 g/mol. The number of carbonyl (C=O) groups excluding carboxylic acids is 1. The Hall–Kier alpha value is -2.47. The number of nitrogens with two attached hydrogens (primary N) is 1. The second kappa shape index (κ2) is 8.34. The van der Waals surface area contributed by atoms with Crippen molar-refractivity contribution >= 4 is 31.6 Å². The number of nitrogens with one attached hydrogen (secondary N) is 1. The summed E-state index contributed by atoms with van der Waals surface area (Å²) < 4.78 is 55.5. The van der Waals surface area contributed by atoms with Gasteiger partial charge in [-0.3, -0.25) is 4.79 Å². The molecule has 1 aliphatic rings. The first-order valence-corrected chi connectivity index (χ1v) is 12.1. The third kappa shape index (κ3) is 4.48. The summed E-state index contributed by atoms with van der Waals surface area (Å²) in [6, 6.07) is 9.25. The molecular formula is C19H23N3O6S2. The van der Waals surface area contributed by atoms with E-state index in [1.165, 1.54) is 41.7 Å². The van der Waals surface area contributed by atoms with E-state index < -0.39 is 32.0 Å². The summed E-state index contributed by atoms with van der Waals surface area (Å²) >= 11 is 0. The second-order valence-electron chi connectivity index (χ2n) is 6.96. The molecule has 0 bridgehead atoms. The molecule has 2 aromatic carbocycles. The number of ether oxygens (including phenoxy) is 1. The van der Waals surface area contributed by atoms with Crippen molar-refractivity contribution in [1.29, 1.82) is 0 Å². The number of anilines is 1. The molecule has 11 heteroatoms. The molecule has 2 aromatic rings. The van der Waals surface area contributed by atoms with E-state index >= 15 is 0 Å².